The van der Waals surface area contributed by atoms with E-state index in [9.17, 15) is 22.9 Å². The highest BCUT2D eigenvalue weighted by Crippen LogP contribution is 2.33. The maximum absolute atomic E-state index is 13.1. The monoisotopic (exact) mass is 468 g/mol. The van der Waals surface area contributed by atoms with Crippen molar-refractivity contribution in [2.24, 2.45) is 5.41 Å². The molecule has 1 fully saturated rings. The Morgan fingerprint density at radius 1 is 1.28 bits per heavy atom. The van der Waals surface area contributed by atoms with Crippen LogP contribution in [-0.4, -0.2) is 52.2 Å². The standard InChI is InChI=1S/C22H29FN2O6S/c1-21(2,3)31-20(26)25-13-17(12-23)14-30-18-4-6-19(7-5-18)32(27,28)16-22(15-24)8-10-29-11-9-22/h4-7,12H,8-11,13-14,16H2,1-3H3,(H,25,26)/b17-12+. The zero-order valence-electron chi connectivity index (χ0n) is 18.5. The summed E-state index contributed by atoms with van der Waals surface area (Å²) in [6.45, 7) is 5.64. The fourth-order valence-corrected chi connectivity index (χ4v) is 4.84. The van der Waals surface area contributed by atoms with Gasteiger partial charge in [0, 0.05) is 25.3 Å². The number of hydrogen-bond donors (Lipinski definition) is 1. The minimum Gasteiger partial charge on any atom is -0.489 e. The van der Waals surface area contributed by atoms with Gasteiger partial charge in [-0.05, 0) is 57.9 Å². The molecule has 176 valence electrons. The van der Waals surface area contributed by atoms with E-state index in [1.165, 1.54) is 24.3 Å². The van der Waals surface area contributed by atoms with Crippen LogP contribution in [0.2, 0.25) is 0 Å². The summed E-state index contributed by atoms with van der Waals surface area (Å²) >= 11 is 0. The van der Waals surface area contributed by atoms with Crippen LogP contribution in [0, 0.1) is 16.7 Å². The second-order valence-electron chi connectivity index (χ2n) is 8.65. The van der Waals surface area contributed by atoms with Crippen molar-refractivity contribution in [3.8, 4) is 11.8 Å². The Bertz CT molecular complexity index is 956. The van der Waals surface area contributed by atoms with Crippen molar-refractivity contribution in [2.45, 2.75) is 44.1 Å². The molecule has 1 aromatic rings. The van der Waals surface area contributed by atoms with Crippen LogP contribution in [-0.2, 0) is 19.3 Å². The van der Waals surface area contributed by atoms with Crippen LogP contribution >= 0.6 is 0 Å². The van der Waals surface area contributed by atoms with Crippen LogP contribution in [0.5, 0.6) is 5.75 Å². The zero-order valence-corrected chi connectivity index (χ0v) is 19.3. The number of nitriles is 1. The van der Waals surface area contributed by atoms with E-state index < -0.39 is 26.9 Å². The Hall–Kier alpha value is -2.64. The molecule has 0 spiro atoms. The molecule has 32 heavy (non-hydrogen) atoms. The minimum atomic E-state index is -3.68. The number of carbonyl (C=O) groups is 1. The first kappa shape index (κ1) is 25.6. The van der Waals surface area contributed by atoms with Gasteiger partial charge in [0.05, 0.1) is 28.5 Å². The third kappa shape index (κ3) is 7.80. The largest absolute Gasteiger partial charge is 0.489 e. The maximum Gasteiger partial charge on any atom is 0.407 e. The lowest BCUT2D eigenvalue weighted by Gasteiger charge is -2.30. The van der Waals surface area contributed by atoms with Gasteiger partial charge in [-0.2, -0.15) is 5.26 Å². The van der Waals surface area contributed by atoms with E-state index in [0.29, 0.717) is 38.1 Å². The first-order valence-corrected chi connectivity index (χ1v) is 11.8. The average molecular weight is 469 g/mol. The first-order valence-electron chi connectivity index (χ1n) is 10.2. The molecule has 10 heteroatoms. The molecule has 1 aliphatic rings. The van der Waals surface area contributed by atoms with E-state index >= 15 is 0 Å². The highest BCUT2D eigenvalue weighted by molar-refractivity contribution is 7.91. The summed E-state index contributed by atoms with van der Waals surface area (Å²) < 4.78 is 54.5. The molecule has 0 atom stereocenters. The summed E-state index contributed by atoms with van der Waals surface area (Å²) in [4.78, 5) is 11.7. The number of sulfone groups is 1. The molecular weight excluding hydrogens is 439 g/mol. The maximum atomic E-state index is 13.1. The lowest BCUT2D eigenvalue weighted by molar-refractivity contribution is 0.0490. The van der Waals surface area contributed by atoms with Gasteiger partial charge < -0.3 is 19.5 Å². The number of ether oxygens (including phenoxy) is 3. The van der Waals surface area contributed by atoms with E-state index in [0.717, 1.165) is 0 Å². The first-order chi connectivity index (χ1) is 15.0. The molecule has 1 aliphatic heterocycles. The second kappa shape index (κ2) is 10.8. The zero-order chi connectivity index (χ0) is 23.8. The summed E-state index contributed by atoms with van der Waals surface area (Å²) in [7, 11) is -3.68. The Morgan fingerprint density at radius 3 is 2.44 bits per heavy atom. The van der Waals surface area contributed by atoms with Gasteiger partial charge in [0.15, 0.2) is 9.84 Å². The highest BCUT2D eigenvalue weighted by atomic mass is 32.2. The van der Waals surface area contributed by atoms with Crippen molar-refractivity contribution in [2.75, 3.05) is 32.1 Å². The van der Waals surface area contributed by atoms with E-state index in [2.05, 4.69) is 11.4 Å². The molecule has 1 aromatic carbocycles. The Kier molecular flexibility index (Phi) is 8.64. The number of amides is 1. The van der Waals surface area contributed by atoms with Crippen molar-refractivity contribution in [3.63, 3.8) is 0 Å². The van der Waals surface area contributed by atoms with Gasteiger partial charge in [0.1, 0.15) is 18.0 Å². The number of halogens is 1. The molecule has 1 heterocycles. The molecule has 8 nitrogen and oxygen atoms in total. The third-order valence-corrected chi connectivity index (χ3v) is 6.70. The number of hydrogen-bond acceptors (Lipinski definition) is 7. The van der Waals surface area contributed by atoms with Crippen molar-refractivity contribution in [3.05, 3.63) is 36.2 Å². The van der Waals surface area contributed by atoms with E-state index in [4.69, 9.17) is 14.2 Å². The van der Waals surface area contributed by atoms with Crippen LogP contribution in [0.1, 0.15) is 33.6 Å². The van der Waals surface area contributed by atoms with Gasteiger partial charge in [0.2, 0.25) is 0 Å². The third-order valence-electron chi connectivity index (χ3n) is 4.77. The van der Waals surface area contributed by atoms with E-state index in [-0.39, 0.29) is 29.4 Å². The average Bonchev–Trinajstić information content (AvgIpc) is 2.73. The summed E-state index contributed by atoms with van der Waals surface area (Å²) in [5.74, 6) is 0.0622. The summed E-state index contributed by atoms with van der Waals surface area (Å²) in [6.07, 6.45) is 0.413. The quantitative estimate of drug-likeness (QED) is 0.620. The van der Waals surface area contributed by atoms with Gasteiger partial charge in [-0.3, -0.25) is 0 Å². The number of alkyl carbamates (subject to hydrolysis) is 1. The number of rotatable bonds is 8. The Morgan fingerprint density at radius 2 is 1.91 bits per heavy atom. The van der Waals surface area contributed by atoms with Gasteiger partial charge in [-0.15, -0.1) is 0 Å². The van der Waals surface area contributed by atoms with Gasteiger partial charge in [0.25, 0.3) is 0 Å². The molecule has 1 amide bonds. The van der Waals surface area contributed by atoms with Crippen molar-refractivity contribution in [1.29, 1.82) is 5.26 Å². The van der Waals surface area contributed by atoms with Crippen LogP contribution in [0.4, 0.5) is 9.18 Å². The van der Waals surface area contributed by atoms with Crippen molar-refractivity contribution < 1.29 is 31.8 Å². The van der Waals surface area contributed by atoms with Gasteiger partial charge in [-0.25, -0.2) is 17.6 Å². The van der Waals surface area contributed by atoms with Crippen LogP contribution < -0.4 is 10.1 Å². The number of nitrogens with zero attached hydrogens (tertiary/aromatic N) is 1. The van der Waals surface area contributed by atoms with Crippen LogP contribution in [0.3, 0.4) is 0 Å². The lowest BCUT2D eigenvalue weighted by atomic mass is 9.84. The Labute approximate surface area is 188 Å². The highest BCUT2D eigenvalue weighted by Gasteiger charge is 2.38. The molecule has 0 radical (unpaired) electrons. The summed E-state index contributed by atoms with van der Waals surface area (Å²) in [5.41, 5.74) is -1.45. The molecule has 1 saturated heterocycles. The molecule has 0 aromatic heterocycles. The topological polar surface area (TPSA) is 115 Å². The van der Waals surface area contributed by atoms with E-state index in [1.807, 2.05) is 0 Å². The van der Waals surface area contributed by atoms with Crippen LogP contribution in [0.15, 0.2) is 41.1 Å². The summed E-state index contributed by atoms with van der Waals surface area (Å²) in [5, 5.41) is 12.0. The molecule has 2 rings (SSSR count). The smallest absolute Gasteiger partial charge is 0.407 e. The van der Waals surface area contributed by atoms with Gasteiger partial charge in [-0.1, -0.05) is 0 Å². The molecule has 0 aliphatic carbocycles. The second-order valence-corrected chi connectivity index (χ2v) is 10.6. The van der Waals surface area contributed by atoms with Crippen molar-refractivity contribution >= 4 is 15.9 Å². The van der Waals surface area contributed by atoms with Gasteiger partial charge >= 0.3 is 6.09 Å². The number of nitrogens with one attached hydrogen (secondary N) is 1. The predicted molar refractivity (Wildman–Crippen MR) is 116 cm³/mol. The lowest BCUT2D eigenvalue weighted by Crippen LogP contribution is -2.35. The Balaban J connectivity index is 1.93. The van der Waals surface area contributed by atoms with E-state index in [1.54, 1.807) is 20.8 Å². The normalized spacial score (nSPS) is 16.7. The minimum absolute atomic E-state index is 0.0822. The fourth-order valence-electron chi connectivity index (χ4n) is 3.04. The molecule has 1 N–H and O–H groups in total. The molecule has 0 saturated carbocycles. The fraction of sp³-hybridized carbons (Fsp3) is 0.545. The summed E-state index contributed by atoms with van der Waals surface area (Å²) in [6, 6.07) is 7.88. The molecule has 0 unspecified atom stereocenters. The van der Waals surface area contributed by atoms with Crippen molar-refractivity contribution in [1.82, 2.24) is 5.32 Å². The number of benzene rings is 1. The predicted octanol–water partition coefficient (Wildman–Crippen LogP) is 3.54. The van der Waals surface area contributed by atoms with Crippen LogP contribution in [0.25, 0.3) is 0 Å². The number of carbonyl (C=O) groups excluding carboxylic acids is 1. The SMILES string of the molecule is CC(C)(C)OC(=O)NC/C(=C\F)COc1ccc(S(=O)(=O)CC2(C#N)CCOCC2)cc1. The molecule has 0 bridgehead atoms. The molecular formula is C22H29FN2O6S.